The highest BCUT2D eigenvalue weighted by Gasteiger charge is 2.56. The van der Waals surface area contributed by atoms with Crippen molar-refractivity contribution in [3.8, 4) is 17.2 Å². The number of ketones is 3. The minimum absolute atomic E-state index is 0.0250. The van der Waals surface area contributed by atoms with E-state index in [9.17, 15) is 39.9 Å². The van der Waals surface area contributed by atoms with E-state index in [1.54, 1.807) is 13.8 Å². The van der Waals surface area contributed by atoms with Gasteiger partial charge in [0, 0.05) is 73.7 Å². The minimum Gasteiger partial charge on any atom is -0.507 e. The lowest BCUT2D eigenvalue weighted by Gasteiger charge is -2.51. The quantitative estimate of drug-likeness (QED) is 0.142. The van der Waals surface area contributed by atoms with Crippen molar-refractivity contribution in [2.24, 2.45) is 0 Å². The molecule has 7 fully saturated rings. The normalized spacial score (nSPS) is 42.8. The van der Waals surface area contributed by atoms with E-state index in [0.717, 1.165) is 0 Å². The van der Waals surface area contributed by atoms with Crippen LogP contribution in [0, 0.1) is 0 Å². The molecule has 0 bridgehead atoms. The average Bonchev–Trinajstić information content (AvgIpc) is 1.62. The standard InChI is InChI=1S/C60H84N2O21/c1-12-60(70)24-40(79-43-20-32(61(8)9)56(29(6)73-43)81-45-23-38-57(30(7)75-45)83-59-39(77-38)22-36(65)26(3)76-59)47-50(54(69)48-49(53(47)68)52(67)46-31(51(48)66)14-13-15-35(46)64)58(60)82-44-21-33(62(10)11)55(28(5)74-44)80-42-19-17-37(27(4)72-42)78-41-18-16-34(63)25(2)71-41/h13-15,25-30,32-34,37-45,55-59,63-64,68-70H,12,16-24H2,1-11H3. The second kappa shape index (κ2) is 24.0. The molecule has 7 saturated heterocycles. The predicted molar refractivity (Wildman–Crippen MR) is 289 cm³/mol. The number of Topliss-reactive ketones (excluding diaryl/α,β-unsaturated/α-hetero) is 1. The summed E-state index contributed by atoms with van der Waals surface area (Å²) in [6.45, 7) is 12.8. The lowest BCUT2D eigenvalue weighted by molar-refractivity contribution is -0.371. The van der Waals surface area contributed by atoms with Crippen LogP contribution in [0.5, 0.6) is 17.2 Å². The smallest absolute Gasteiger partial charge is 0.202 e. The predicted octanol–water partition coefficient (Wildman–Crippen LogP) is 4.93. The number of aromatic hydroxyl groups is 3. The van der Waals surface area contributed by atoms with Crippen molar-refractivity contribution in [3.63, 3.8) is 0 Å². The number of phenols is 3. The molecule has 0 saturated carbocycles. The zero-order valence-electron chi connectivity index (χ0n) is 49.2. The number of likely N-dealkylation sites (N-methyl/N-ethyl adjacent to an activating group) is 2. The van der Waals surface area contributed by atoms with Gasteiger partial charge in [0.1, 0.15) is 53.9 Å². The highest BCUT2D eigenvalue weighted by molar-refractivity contribution is 6.31. The molecule has 0 aromatic heterocycles. The fourth-order valence-corrected chi connectivity index (χ4v) is 14.1. The summed E-state index contributed by atoms with van der Waals surface area (Å²) in [7, 11) is 7.63. The molecule has 460 valence electrons. The monoisotopic (exact) mass is 1170 g/mol. The Kier molecular flexibility index (Phi) is 17.6. The number of rotatable bonds is 13. The number of ether oxygens (including phenoxy) is 13. The van der Waals surface area contributed by atoms with Crippen molar-refractivity contribution in [3.05, 3.63) is 51.6 Å². The molecule has 83 heavy (non-hydrogen) atoms. The van der Waals surface area contributed by atoms with Crippen LogP contribution in [0.2, 0.25) is 0 Å². The lowest BCUT2D eigenvalue weighted by atomic mass is 9.70. The van der Waals surface area contributed by atoms with Crippen LogP contribution >= 0.6 is 0 Å². The lowest BCUT2D eigenvalue weighted by Crippen LogP contribution is -2.62. The maximum Gasteiger partial charge on any atom is 0.202 e. The van der Waals surface area contributed by atoms with Crippen LogP contribution in [0.3, 0.4) is 0 Å². The first-order chi connectivity index (χ1) is 39.4. The number of aliphatic hydroxyl groups is 2. The van der Waals surface area contributed by atoms with Gasteiger partial charge in [-0.3, -0.25) is 14.4 Å². The Morgan fingerprint density at radius 1 is 0.590 bits per heavy atom. The third kappa shape index (κ3) is 11.5. The van der Waals surface area contributed by atoms with E-state index in [0.29, 0.717) is 32.1 Å². The van der Waals surface area contributed by atoms with E-state index in [1.165, 1.54) is 18.2 Å². The van der Waals surface area contributed by atoms with Crippen LogP contribution in [-0.2, 0) is 66.4 Å². The summed E-state index contributed by atoms with van der Waals surface area (Å²) in [5.41, 5.74) is -3.68. The molecular weight excluding hydrogens is 1080 g/mol. The first-order valence-electron chi connectivity index (χ1n) is 29.7. The van der Waals surface area contributed by atoms with Gasteiger partial charge >= 0.3 is 0 Å². The number of nitrogens with zero attached hydrogens (tertiary/aromatic N) is 2. The largest absolute Gasteiger partial charge is 0.507 e. The van der Waals surface area contributed by atoms with E-state index in [-0.39, 0.29) is 90.5 Å². The van der Waals surface area contributed by atoms with Crippen molar-refractivity contribution >= 4 is 17.3 Å². The van der Waals surface area contributed by atoms with Crippen molar-refractivity contribution in [2.75, 3.05) is 28.2 Å². The molecule has 24 unspecified atom stereocenters. The summed E-state index contributed by atoms with van der Waals surface area (Å²) in [5, 5.41) is 59.6. The molecule has 7 heterocycles. The average molecular weight is 1170 g/mol. The van der Waals surface area contributed by atoms with Crippen LogP contribution in [0.1, 0.15) is 168 Å². The third-order valence-electron chi connectivity index (χ3n) is 18.8. The molecule has 9 aliphatic rings. The number of fused-ring (bicyclic) bond motifs is 5. The van der Waals surface area contributed by atoms with Crippen molar-refractivity contribution in [1.29, 1.82) is 0 Å². The second-order valence-electron chi connectivity index (χ2n) is 24.8. The Bertz CT molecular complexity index is 2730. The van der Waals surface area contributed by atoms with Gasteiger partial charge in [0.25, 0.3) is 0 Å². The third-order valence-corrected chi connectivity index (χ3v) is 18.8. The van der Waals surface area contributed by atoms with Gasteiger partial charge < -0.3 is 96.9 Å². The highest BCUT2D eigenvalue weighted by Crippen LogP contribution is 2.58. The first-order valence-corrected chi connectivity index (χ1v) is 29.7. The topological polar surface area (TPSA) is 279 Å². The summed E-state index contributed by atoms with van der Waals surface area (Å²) in [5.74, 6) is -3.64. The fourth-order valence-electron chi connectivity index (χ4n) is 14.1. The Morgan fingerprint density at radius 3 is 1.82 bits per heavy atom. The molecular formula is C60H84N2O21. The number of phenolic OH excluding ortho intramolecular Hbond substituents is 3. The summed E-state index contributed by atoms with van der Waals surface area (Å²) in [6, 6.07) is 3.33. The van der Waals surface area contributed by atoms with Crippen molar-refractivity contribution in [2.45, 2.75) is 260 Å². The van der Waals surface area contributed by atoms with E-state index in [4.69, 9.17) is 61.6 Å². The van der Waals surface area contributed by atoms with Gasteiger partial charge in [-0.05, 0) is 95.1 Å². The van der Waals surface area contributed by atoms with Crippen molar-refractivity contribution < 1.29 is 101 Å². The number of carbonyl (C=O) groups excluding carboxylic acids is 3. The van der Waals surface area contributed by atoms with Crippen LogP contribution in [0.4, 0.5) is 0 Å². The van der Waals surface area contributed by atoms with Crippen LogP contribution < -0.4 is 0 Å². The van der Waals surface area contributed by atoms with Gasteiger partial charge in [-0.1, -0.05) is 19.1 Å². The molecule has 23 nitrogen and oxygen atoms in total. The van der Waals surface area contributed by atoms with Crippen LogP contribution in [0.25, 0.3) is 0 Å². The van der Waals surface area contributed by atoms with Gasteiger partial charge in [-0.25, -0.2) is 0 Å². The maximum atomic E-state index is 14.6. The van der Waals surface area contributed by atoms with Gasteiger partial charge in [0.05, 0.1) is 77.2 Å². The second-order valence-corrected chi connectivity index (χ2v) is 24.8. The molecule has 11 rings (SSSR count). The number of hydrogen-bond donors (Lipinski definition) is 5. The maximum absolute atomic E-state index is 14.6. The van der Waals surface area contributed by atoms with Crippen molar-refractivity contribution in [1.82, 2.24) is 9.80 Å². The Labute approximate surface area is 483 Å². The number of carbonyl (C=O) groups is 3. The molecule has 7 aliphatic heterocycles. The molecule has 2 aromatic rings. The van der Waals surface area contributed by atoms with Gasteiger partial charge in [-0.2, -0.15) is 0 Å². The van der Waals surface area contributed by atoms with E-state index in [2.05, 4.69) is 0 Å². The zero-order valence-corrected chi connectivity index (χ0v) is 49.2. The molecule has 5 N–H and O–H groups in total. The summed E-state index contributed by atoms with van der Waals surface area (Å²) >= 11 is 0. The number of aliphatic hydroxyl groups excluding tert-OH is 1. The van der Waals surface area contributed by atoms with Crippen LogP contribution in [-0.4, -0.2) is 216 Å². The molecule has 2 aliphatic carbocycles. The molecule has 24 atom stereocenters. The Morgan fingerprint density at radius 2 is 1.17 bits per heavy atom. The molecule has 23 heteroatoms. The van der Waals surface area contributed by atoms with E-state index >= 15 is 0 Å². The van der Waals surface area contributed by atoms with Gasteiger partial charge in [0.15, 0.2) is 49.3 Å². The number of hydrogen-bond acceptors (Lipinski definition) is 23. The molecule has 0 radical (unpaired) electrons. The molecule has 2 aromatic carbocycles. The zero-order chi connectivity index (χ0) is 59.2. The highest BCUT2D eigenvalue weighted by atomic mass is 16.8. The summed E-state index contributed by atoms with van der Waals surface area (Å²) < 4.78 is 84.2. The van der Waals surface area contributed by atoms with E-state index < -0.39 is 157 Å². The molecule has 0 amide bonds. The Hall–Kier alpha value is -3.83. The van der Waals surface area contributed by atoms with Gasteiger partial charge in [0.2, 0.25) is 5.78 Å². The van der Waals surface area contributed by atoms with E-state index in [1.807, 2.05) is 72.6 Å². The molecule has 0 spiro atoms. The number of benzene rings is 2. The first kappa shape index (κ1) is 60.8. The summed E-state index contributed by atoms with van der Waals surface area (Å²) in [4.78, 5) is 45.7. The fraction of sp³-hybridized carbons (Fsp3) is 0.750. The summed E-state index contributed by atoms with van der Waals surface area (Å²) in [6.07, 6.45) is -10.5. The Balaban J connectivity index is 0.842. The minimum atomic E-state index is -1.87. The SMILES string of the molecule is CCC1(O)CC(OC2CC(N(C)C)C(OC3CC4OC5CC(=O)C(C)OC5OC4C(C)O3)C(C)O2)c2c(O)c3c(c(O)c2C1OC1CC(N(C)C)C(OC2CCC(OC4CCC(O)C(C)O4)C(C)O2)C(C)O1)C(=O)c1cccc(O)c1C3=O. The van der Waals surface area contributed by atoms with Crippen LogP contribution in [0.15, 0.2) is 18.2 Å². The van der Waals surface area contributed by atoms with Gasteiger partial charge in [-0.15, -0.1) is 0 Å².